The normalized spacial score (nSPS) is 16.4. The molecule has 1 aliphatic heterocycles. The summed E-state index contributed by atoms with van der Waals surface area (Å²) in [6.45, 7) is 11.3. The number of hydrogen-bond donors (Lipinski definition) is 2. The summed E-state index contributed by atoms with van der Waals surface area (Å²) < 4.78 is 5.46. The highest BCUT2D eigenvalue weighted by Crippen LogP contribution is 2.29. The van der Waals surface area contributed by atoms with Gasteiger partial charge in [-0.25, -0.2) is 0 Å². The number of amides is 2. The van der Waals surface area contributed by atoms with Crippen molar-refractivity contribution in [3.63, 3.8) is 0 Å². The molecule has 1 atom stereocenters. The van der Waals surface area contributed by atoms with Crippen LogP contribution in [0.15, 0.2) is 48.5 Å². The monoisotopic (exact) mass is 466 g/mol. The van der Waals surface area contributed by atoms with Gasteiger partial charge in [0.2, 0.25) is 11.8 Å². The molecule has 2 amide bonds. The average Bonchev–Trinajstić information content (AvgIpc) is 2.99. The summed E-state index contributed by atoms with van der Waals surface area (Å²) in [5, 5.41) is 6.14. The first-order valence-corrected chi connectivity index (χ1v) is 11.9. The maximum absolute atomic E-state index is 13.6. The molecule has 7 nitrogen and oxygen atoms in total. The topological polar surface area (TPSA) is 73.9 Å². The van der Waals surface area contributed by atoms with Crippen LogP contribution in [-0.2, 0) is 9.59 Å². The van der Waals surface area contributed by atoms with E-state index in [0.717, 1.165) is 37.2 Å². The van der Waals surface area contributed by atoms with Crippen LogP contribution in [0.1, 0.15) is 44.4 Å². The lowest BCUT2D eigenvalue weighted by Crippen LogP contribution is -2.46. The molecule has 34 heavy (non-hydrogen) atoms. The molecular formula is C27H38N4O3. The zero-order valence-electron chi connectivity index (χ0n) is 21.1. The smallest absolute Gasteiger partial charge is 0.246 e. The molecule has 184 valence electrons. The lowest BCUT2D eigenvalue weighted by molar-refractivity contribution is -0.124. The molecule has 0 aromatic heterocycles. The quantitative estimate of drug-likeness (QED) is 0.652. The van der Waals surface area contributed by atoms with Crippen molar-refractivity contribution in [2.24, 2.45) is 0 Å². The van der Waals surface area contributed by atoms with Gasteiger partial charge in [0.1, 0.15) is 11.8 Å². The van der Waals surface area contributed by atoms with Crippen LogP contribution in [0, 0.1) is 6.92 Å². The second kappa shape index (κ2) is 11.5. The standard InChI is InChI=1S/C27H38N4O3/c1-20-12-13-23(34-5)22(18-20)28-26(33)25(21-10-7-6-8-11-21)31-15-9-14-30(16-17-31)19-24(32)29-27(2,3)4/h6-8,10-13,18,25H,9,14-17,19H2,1-5H3,(H,28,33)(H,29,32)/t25-/m0/s1. The Balaban J connectivity index is 1.76. The number of carbonyl (C=O) groups is 2. The van der Waals surface area contributed by atoms with Crippen LogP contribution in [0.25, 0.3) is 0 Å². The fourth-order valence-electron chi connectivity index (χ4n) is 4.35. The lowest BCUT2D eigenvalue weighted by Gasteiger charge is -2.30. The molecule has 0 radical (unpaired) electrons. The van der Waals surface area contributed by atoms with E-state index in [9.17, 15) is 9.59 Å². The molecule has 1 aliphatic rings. The van der Waals surface area contributed by atoms with Crippen molar-refractivity contribution < 1.29 is 14.3 Å². The number of hydrogen-bond acceptors (Lipinski definition) is 5. The van der Waals surface area contributed by atoms with E-state index in [1.54, 1.807) is 7.11 Å². The van der Waals surface area contributed by atoms with Crippen molar-refractivity contribution in [3.8, 4) is 5.75 Å². The van der Waals surface area contributed by atoms with Crippen molar-refractivity contribution in [1.82, 2.24) is 15.1 Å². The maximum Gasteiger partial charge on any atom is 0.246 e. The van der Waals surface area contributed by atoms with Gasteiger partial charge in [-0.1, -0.05) is 36.4 Å². The molecule has 2 aromatic rings. The molecule has 0 spiro atoms. The lowest BCUT2D eigenvalue weighted by atomic mass is 10.0. The molecule has 1 saturated heterocycles. The highest BCUT2D eigenvalue weighted by atomic mass is 16.5. The molecule has 1 heterocycles. The van der Waals surface area contributed by atoms with Crippen LogP contribution in [0.2, 0.25) is 0 Å². The van der Waals surface area contributed by atoms with Crippen molar-refractivity contribution >= 4 is 17.5 Å². The van der Waals surface area contributed by atoms with Gasteiger partial charge in [0.25, 0.3) is 0 Å². The van der Waals surface area contributed by atoms with Crippen LogP contribution >= 0.6 is 0 Å². The minimum absolute atomic E-state index is 0.0323. The van der Waals surface area contributed by atoms with Gasteiger partial charge in [0.15, 0.2) is 0 Å². The first-order chi connectivity index (χ1) is 16.2. The molecule has 0 aliphatic carbocycles. The SMILES string of the molecule is COc1ccc(C)cc1NC(=O)[C@H](c1ccccc1)N1CCCN(CC(=O)NC(C)(C)C)CC1. The predicted molar refractivity (Wildman–Crippen MR) is 136 cm³/mol. The Hall–Kier alpha value is -2.90. The Morgan fingerprint density at radius 3 is 2.44 bits per heavy atom. The number of nitrogens with zero attached hydrogens (tertiary/aromatic N) is 2. The molecule has 0 saturated carbocycles. The Morgan fingerprint density at radius 2 is 1.76 bits per heavy atom. The van der Waals surface area contributed by atoms with Gasteiger partial charge < -0.3 is 15.4 Å². The minimum Gasteiger partial charge on any atom is -0.495 e. The molecule has 2 aromatic carbocycles. The largest absolute Gasteiger partial charge is 0.495 e. The van der Waals surface area contributed by atoms with E-state index in [1.807, 2.05) is 76.2 Å². The fraction of sp³-hybridized carbons (Fsp3) is 0.481. The molecule has 2 N–H and O–H groups in total. The number of carbonyl (C=O) groups excluding carboxylic acids is 2. The van der Waals surface area contributed by atoms with Gasteiger partial charge in [-0.2, -0.15) is 0 Å². The van der Waals surface area contributed by atoms with Crippen molar-refractivity contribution in [1.29, 1.82) is 0 Å². The van der Waals surface area contributed by atoms with Crippen molar-refractivity contribution in [2.45, 2.75) is 45.7 Å². The van der Waals surface area contributed by atoms with E-state index in [0.29, 0.717) is 24.5 Å². The van der Waals surface area contributed by atoms with Gasteiger partial charge in [-0.05, 0) is 63.9 Å². The highest BCUT2D eigenvalue weighted by Gasteiger charge is 2.30. The van der Waals surface area contributed by atoms with Gasteiger partial charge in [-0.15, -0.1) is 0 Å². The number of methoxy groups -OCH3 is 1. The molecule has 7 heteroatoms. The minimum atomic E-state index is -0.435. The first kappa shape index (κ1) is 25.7. The van der Waals surface area contributed by atoms with E-state index in [4.69, 9.17) is 4.74 Å². The van der Waals surface area contributed by atoms with E-state index < -0.39 is 6.04 Å². The third-order valence-electron chi connectivity index (χ3n) is 5.85. The van der Waals surface area contributed by atoms with Crippen LogP contribution < -0.4 is 15.4 Å². The number of ether oxygens (including phenoxy) is 1. The number of rotatable bonds is 7. The summed E-state index contributed by atoms with van der Waals surface area (Å²) in [5.74, 6) is 0.580. The summed E-state index contributed by atoms with van der Waals surface area (Å²) in [6.07, 6.45) is 0.882. The van der Waals surface area contributed by atoms with Crippen LogP contribution in [0.4, 0.5) is 5.69 Å². The Labute approximate surface area is 203 Å². The summed E-state index contributed by atoms with van der Waals surface area (Å²) in [5.41, 5.74) is 2.42. The maximum atomic E-state index is 13.6. The predicted octanol–water partition coefficient (Wildman–Crippen LogP) is 3.61. The zero-order valence-corrected chi connectivity index (χ0v) is 21.1. The summed E-state index contributed by atoms with van der Waals surface area (Å²) in [6, 6.07) is 15.2. The number of anilines is 1. The van der Waals surface area contributed by atoms with E-state index in [-0.39, 0.29) is 17.4 Å². The number of benzene rings is 2. The van der Waals surface area contributed by atoms with E-state index >= 15 is 0 Å². The molecular weight excluding hydrogens is 428 g/mol. The average molecular weight is 467 g/mol. The van der Waals surface area contributed by atoms with Crippen molar-refractivity contribution in [2.75, 3.05) is 45.2 Å². The summed E-state index contributed by atoms with van der Waals surface area (Å²) >= 11 is 0. The second-order valence-electron chi connectivity index (χ2n) is 9.97. The second-order valence-corrected chi connectivity index (χ2v) is 9.97. The zero-order chi connectivity index (χ0) is 24.7. The van der Waals surface area contributed by atoms with Crippen molar-refractivity contribution in [3.05, 3.63) is 59.7 Å². The molecule has 0 bridgehead atoms. The van der Waals surface area contributed by atoms with Gasteiger partial charge >= 0.3 is 0 Å². The van der Waals surface area contributed by atoms with E-state index in [1.165, 1.54) is 0 Å². The number of nitrogens with one attached hydrogen (secondary N) is 2. The van der Waals surface area contributed by atoms with Gasteiger partial charge in [0.05, 0.1) is 19.3 Å². The summed E-state index contributed by atoms with van der Waals surface area (Å²) in [4.78, 5) is 30.5. The highest BCUT2D eigenvalue weighted by molar-refractivity contribution is 5.96. The third-order valence-corrected chi connectivity index (χ3v) is 5.85. The number of aryl methyl sites for hydroxylation is 1. The molecule has 3 rings (SSSR count). The van der Waals surface area contributed by atoms with E-state index in [2.05, 4.69) is 20.4 Å². The Bertz CT molecular complexity index is 972. The van der Waals surface area contributed by atoms with Gasteiger partial charge in [-0.3, -0.25) is 19.4 Å². The third kappa shape index (κ3) is 7.30. The summed E-state index contributed by atoms with van der Waals surface area (Å²) in [7, 11) is 1.61. The molecule has 1 fully saturated rings. The van der Waals surface area contributed by atoms with Crippen LogP contribution in [0.5, 0.6) is 5.75 Å². The van der Waals surface area contributed by atoms with Gasteiger partial charge in [0, 0.05) is 25.2 Å². The van der Waals surface area contributed by atoms with Crippen LogP contribution in [-0.4, -0.2) is 67.0 Å². The fourth-order valence-corrected chi connectivity index (χ4v) is 4.35. The Morgan fingerprint density at radius 1 is 1.03 bits per heavy atom. The Kier molecular flexibility index (Phi) is 8.69. The molecule has 0 unspecified atom stereocenters. The first-order valence-electron chi connectivity index (χ1n) is 11.9. The van der Waals surface area contributed by atoms with Crippen LogP contribution in [0.3, 0.4) is 0 Å².